The maximum absolute atomic E-state index is 11.9. The van der Waals surface area contributed by atoms with Gasteiger partial charge in [-0.2, -0.15) is 0 Å². The molecule has 0 unspecified atom stereocenters. The number of nitrogens with one attached hydrogen (secondary N) is 2. The van der Waals surface area contributed by atoms with Gasteiger partial charge in [0.15, 0.2) is 0 Å². The lowest BCUT2D eigenvalue weighted by atomic mass is 9.91. The highest BCUT2D eigenvalue weighted by Gasteiger charge is 2.23. The zero-order valence-electron chi connectivity index (χ0n) is 16.7. The van der Waals surface area contributed by atoms with Gasteiger partial charge in [-0.15, -0.1) is 0 Å². The van der Waals surface area contributed by atoms with Gasteiger partial charge >= 0.3 is 5.97 Å². The van der Waals surface area contributed by atoms with Crippen molar-refractivity contribution in [1.82, 2.24) is 20.3 Å². The molecule has 0 aliphatic carbocycles. The Hall–Kier alpha value is -3.51. The number of pyridine rings is 1. The van der Waals surface area contributed by atoms with E-state index in [2.05, 4.69) is 50.6 Å². The molecule has 1 aliphatic heterocycles. The van der Waals surface area contributed by atoms with E-state index >= 15 is 0 Å². The van der Waals surface area contributed by atoms with E-state index in [9.17, 15) is 4.79 Å². The molecule has 6 heteroatoms. The maximum atomic E-state index is 11.9. The van der Waals surface area contributed by atoms with Crippen LogP contribution in [0.15, 0.2) is 60.8 Å². The Labute approximate surface area is 174 Å². The van der Waals surface area contributed by atoms with Crippen molar-refractivity contribution in [3.8, 4) is 22.3 Å². The molecule has 30 heavy (non-hydrogen) atoms. The van der Waals surface area contributed by atoms with Crippen LogP contribution >= 0.6 is 0 Å². The Kier molecular flexibility index (Phi) is 4.77. The first-order valence-electron chi connectivity index (χ1n) is 10.2. The largest absolute Gasteiger partial charge is 0.460 e. The second kappa shape index (κ2) is 7.72. The van der Waals surface area contributed by atoms with E-state index in [4.69, 9.17) is 4.74 Å². The van der Waals surface area contributed by atoms with Gasteiger partial charge in [0.05, 0.1) is 23.3 Å². The number of esters is 1. The number of rotatable bonds is 5. The van der Waals surface area contributed by atoms with Gasteiger partial charge in [0, 0.05) is 30.8 Å². The summed E-state index contributed by atoms with van der Waals surface area (Å²) >= 11 is 0. The molecule has 0 atom stereocenters. The van der Waals surface area contributed by atoms with E-state index in [1.165, 1.54) is 11.1 Å². The van der Waals surface area contributed by atoms with Crippen molar-refractivity contribution in [3.63, 3.8) is 0 Å². The molecule has 3 heterocycles. The van der Waals surface area contributed by atoms with Gasteiger partial charge < -0.3 is 15.0 Å². The number of ether oxygens (including phenoxy) is 1. The molecule has 4 aromatic rings. The first kappa shape index (κ1) is 18.5. The number of benzene rings is 2. The van der Waals surface area contributed by atoms with Crippen molar-refractivity contribution in [1.29, 1.82) is 0 Å². The van der Waals surface area contributed by atoms with Gasteiger partial charge in [0.25, 0.3) is 0 Å². The van der Waals surface area contributed by atoms with Gasteiger partial charge in [-0.25, -0.2) is 9.78 Å². The fourth-order valence-electron chi connectivity index (χ4n) is 3.80. The number of imidazole rings is 1. The van der Waals surface area contributed by atoms with Gasteiger partial charge in [-0.05, 0) is 41.8 Å². The zero-order chi connectivity index (χ0) is 20.5. The van der Waals surface area contributed by atoms with Crippen LogP contribution < -0.4 is 5.32 Å². The number of H-pyrrole nitrogens is 1. The predicted molar refractivity (Wildman–Crippen MR) is 116 cm³/mol. The van der Waals surface area contributed by atoms with Crippen LogP contribution in [0.3, 0.4) is 0 Å². The van der Waals surface area contributed by atoms with Crippen LogP contribution in [0.1, 0.15) is 29.2 Å². The minimum absolute atomic E-state index is 0.230. The van der Waals surface area contributed by atoms with E-state index in [-0.39, 0.29) is 5.82 Å². The lowest BCUT2D eigenvalue weighted by Gasteiger charge is -2.28. The third-order valence-electron chi connectivity index (χ3n) is 5.49. The van der Waals surface area contributed by atoms with E-state index in [0.717, 1.165) is 40.9 Å². The number of aromatic amines is 1. The van der Waals surface area contributed by atoms with Crippen LogP contribution in [-0.4, -0.2) is 40.6 Å². The van der Waals surface area contributed by atoms with Gasteiger partial charge in [-0.1, -0.05) is 36.4 Å². The second-order valence-electron chi connectivity index (χ2n) is 7.41. The molecule has 0 amide bonds. The van der Waals surface area contributed by atoms with Crippen LogP contribution in [0.2, 0.25) is 0 Å². The van der Waals surface area contributed by atoms with E-state index < -0.39 is 5.97 Å². The van der Waals surface area contributed by atoms with Crippen molar-refractivity contribution < 1.29 is 9.53 Å². The normalized spacial score (nSPS) is 13.9. The molecular formula is C24H22N4O2. The Balaban J connectivity index is 1.44. The minimum Gasteiger partial charge on any atom is -0.460 e. The molecule has 150 valence electrons. The number of fused-ring (bicyclic) bond motifs is 1. The third-order valence-corrected chi connectivity index (χ3v) is 5.49. The van der Waals surface area contributed by atoms with Crippen LogP contribution in [0, 0.1) is 0 Å². The van der Waals surface area contributed by atoms with Crippen LogP contribution in [-0.2, 0) is 4.74 Å². The highest BCUT2D eigenvalue weighted by atomic mass is 16.5. The highest BCUT2D eigenvalue weighted by molar-refractivity contribution is 5.91. The van der Waals surface area contributed by atoms with Crippen LogP contribution in [0.5, 0.6) is 0 Å². The number of carbonyl (C=O) groups is 1. The first-order chi connectivity index (χ1) is 14.7. The summed E-state index contributed by atoms with van der Waals surface area (Å²) < 4.78 is 5.02. The molecule has 5 rings (SSSR count). The molecule has 1 saturated heterocycles. The van der Waals surface area contributed by atoms with Crippen molar-refractivity contribution in [2.45, 2.75) is 12.8 Å². The molecular weight excluding hydrogens is 376 g/mol. The molecule has 0 spiro atoms. The molecule has 0 radical (unpaired) electrons. The minimum atomic E-state index is -0.437. The van der Waals surface area contributed by atoms with Crippen molar-refractivity contribution in [2.24, 2.45) is 0 Å². The van der Waals surface area contributed by atoms with Gasteiger partial charge in [0.1, 0.15) is 0 Å². The quantitative estimate of drug-likeness (QED) is 0.494. The summed E-state index contributed by atoms with van der Waals surface area (Å²) in [6.07, 6.45) is 1.87. The molecule has 6 nitrogen and oxygen atoms in total. The number of carbonyl (C=O) groups excluding carboxylic acids is 1. The van der Waals surface area contributed by atoms with Crippen molar-refractivity contribution >= 4 is 17.0 Å². The lowest BCUT2D eigenvalue weighted by Crippen LogP contribution is -2.40. The Morgan fingerprint density at radius 3 is 2.57 bits per heavy atom. The molecule has 1 aliphatic rings. The number of hydrogen-bond donors (Lipinski definition) is 2. The number of aromatic nitrogens is 3. The lowest BCUT2D eigenvalue weighted by molar-refractivity contribution is 0.0513. The monoisotopic (exact) mass is 398 g/mol. The SMILES string of the molecule is CCOC(=O)c1nc2ccc(-c3ccc(-c4cccnc4C4CNC4)cc3)cc2[nH]1. The predicted octanol–water partition coefficient (Wildman–Crippen LogP) is 4.16. The molecule has 0 saturated carbocycles. The topological polar surface area (TPSA) is 79.9 Å². The highest BCUT2D eigenvalue weighted by Crippen LogP contribution is 2.31. The van der Waals surface area contributed by atoms with Gasteiger partial charge in [0.2, 0.25) is 5.82 Å². The second-order valence-corrected chi connectivity index (χ2v) is 7.41. The fourth-order valence-corrected chi connectivity index (χ4v) is 3.80. The van der Waals surface area contributed by atoms with Crippen LogP contribution in [0.25, 0.3) is 33.3 Å². The average Bonchev–Trinajstić information content (AvgIpc) is 3.17. The molecule has 2 N–H and O–H groups in total. The summed E-state index contributed by atoms with van der Waals surface area (Å²) in [6.45, 7) is 4.07. The van der Waals surface area contributed by atoms with E-state index in [0.29, 0.717) is 12.5 Å². The summed E-state index contributed by atoms with van der Waals surface area (Å²) in [5.41, 5.74) is 7.24. The van der Waals surface area contributed by atoms with E-state index in [1.54, 1.807) is 6.92 Å². The summed E-state index contributed by atoms with van der Waals surface area (Å²) in [6, 6.07) is 18.6. The van der Waals surface area contributed by atoms with Crippen molar-refractivity contribution in [2.75, 3.05) is 19.7 Å². The number of hydrogen-bond acceptors (Lipinski definition) is 5. The summed E-state index contributed by atoms with van der Waals surface area (Å²) in [5, 5.41) is 3.32. The van der Waals surface area contributed by atoms with E-state index in [1.807, 2.05) is 30.5 Å². The molecule has 0 bridgehead atoms. The van der Waals surface area contributed by atoms with Crippen molar-refractivity contribution in [3.05, 3.63) is 72.3 Å². The summed E-state index contributed by atoms with van der Waals surface area (Å²) in [5.74, 6) is 0.278. The smallest absolute Gasteiger partial charge is 0.374 e. The molecule has 2 aromatic carbocycles. The summed E-state index contributed by atoms with van der Waals surface area (Å²) in [4.78, 5) is 23.9. The summed E-state index contributed by atoms with van der Waals surface area (Å²) in [7, 11) is 0. The Bertz CT molecular complexity index is 1210. The maximum Gasteiger partial charge on any atom is 0.374 e. The van der Waals surface area contributed by atoms with Gasteiger partial charge in [-0.3, -0.25) is 4.98 Å². The third kappa shape index (κ3) is 3.35. The van der Waals surface area contributed by atoms with Crippen LogP contribution in [0.4, 0.5) is 0 Å². The fraction of sp³-hybridized carbons (Fsp3) is 0.208. The average molecular weight is 398 g/mol. The first-order valence-corrected chi connectivity index (χ1v) is 10.2. The zero-order valence-corrected chi connectivity index (χ0v) is 16.7. The number of nitrogens with zero attached hydrogens (tertiary/aromatic N) is 2. The Morgan fingerprint density at radius 1 is 1.07 bits per heavy atom. The standard InChI is InChI=1S/C24H22N4O2/c1-2-30-24(29)23-27-20-10-9-17(12-21(20)28-23)15-5-7-16(8-6-15)19-4-3-11-26-22(19)18-13-25-14-18/h3-12,18,25H,2,13-14H2,1H3,(H,27,28). The molecule has 2 aromatic heterocycles. The Morgan fingerprint density at radius 2 is 1.83 bits per heavy atom. The molecule has 1 fully saturated rings.